The largest absolute Gasteiger partial charge is 0.493 e. The number of allylic oxidation sites excluding steroid dienone is 1. The van der Waals surface area contributed by atoms with Gasteiger partial charge in [0.15, 0.2) is 0 Å². The summed E-state index contributed by atoms with van der Waals surface area (Å²) in [6, 6.07) is 32.9. The number of aromatic nitrogens is 1. The normalized spacial score (nSPS) is 13.4. The van der Waals surface area contributed by atoms with Crippen molar-refractivity contribution in [1.29, 1.82) is 0 Å². The Bertz CT molecular complexity index is 1970. The zero-order chi connectivity index (χ0) is 37.2. The lowest BCUT2D eigenvalue weighted by Crippen LogP contribution is -2.45. The Kier molecular flexibility index (Phi) is 14.7. The number of ether oxygens (including phenoxy) is 3. The highest BCUT2D eigenvalue weighted by Gasteiger charge is 2.22. The van der Waals surface area contributed by atoms with E-state index in [1.165, 1.54) is 22.3 Å². The predicted octanol–water partition coefficient (Wildman–Crippen LogP) is 10.4. The Labute approximate surface area is 335 Å². The molecular formula is C45H49BrClN3O4. The number of halogens is 2. The number of rotatable bonds is 15. The lowest BCUT2D eigenvalue weighted by Gasteiger charge is -2.37. The van der Waals surface area contributed by atoms with Crippen molar-refractivity contribution in [2.75, 3.05) is 32.8 Å². The van der Waals surface area contributed by atoms with Crippen LogP contribution >= 0.6 is 28.6 Å². The average Bonchev–Trinajstić information content (AvgIpc) is 3.17. The molecule has 282 valence electrons. The molecule has 54 heavy (non-hydrogen) atoms. The molecule has 1 aliphatic rings. The molecule has 1 fully saturated rings. The maximum absolute atomic E-state index is 11.8. The van der Waals surface area contributed by atoms with Crippen molar-refractivity contribution in [2.45, 2.75) is 53.2 Å². The van der Waals surface area contributed by atoms with Crippen LogP contribution in [-0.4, -0.2) is 53.9 Å². The molecule has 5 aromatic rings. The first kappa shape index (κ1) is 40.6. The van der Waals surface area contributed by atoms with Gasteiger partial charge in [0, 0.05) is 68.6 Å². The van der Waals surface area contributed by atoms with Crippen LogP contribution < -0.4 is 14.2 Å². The Morgan fingerprint density at radius 1 is 0.815 bits per heavy atom. The summed E-state index contributed by atoms with van der Waals surface area (Å²) in [7, 11) is 0. The highest BCUT2D eigenvalue weighted by Crippen LogP contribution is 2.35. The molecule has 0 N–H and O–H groups in total. The molecule has 0 amide bonds. The van der Waals surface area contributed by atoms with Gasteiger partial charge in [-0.25, -0.2) is 4.98 Å². The van der Waals surface area contributed by atoms with Gasteiger partial charge in [-0.2, -0.15) is 0 Å². The summed E-state index contributed by atoms with van der Waals surface area (Å²) in [6.07, 6.45) is 4.95. The lowest BCUT2D eigenvalue weighted by atomic mass is 10.0. The Morgan fingerprint density at radius 3 is 2.13 bits per heavy atom. The van der Waals surface area contributed by atoms with Crippen LogP contribution in [0.4, 0.5) is 0 Å². The maximum atomic E-state index is 11.8. The van der Waals surface area contributed by atoms with Gasteiger partial charge in [-0.05, 0) is 71.8 Å². The standard InChI is InChI=1S/C45H48ClN3O4.BrH/c1-32(2)38-13-15-39(16-14-38)51-26-20-35-9-11-36(12-10-35)30-48-21-23-49(24-22-48)43(19-25-50)41-27-34(4)44(28-42(41)46)53-45-18-17-40(29-47-45)52-31-37-7-5-33(3)6-8-37;/h5-19,25,27-29,32H,20-24,26,30-31H2,1-4H3;1H/b43-19+;. The summed E-state index contributed by atoms with van der Waals surface area (Å²) in [6.45, 7) is 13.7. The van der Waals surface area contributed by atoms with Gasteiger partial charge >= 0.3 is 0 Å². The van der Waals surface area contributed by atoms with E-state index in [1.807, 2.05) is 19.1 Å². The fraction of sp³-hybridized carbons (Fsp3) is 0.289. The maximum Gasteiger partial charge on any atom is 0.219 e. The SMILES string of the molecule is Br.Cc1ccc(COc2ccc(Oc3cc(Cl)c(/C(=C\C=O)N4CCN(Cc5ccc(CCOc6ccc(C(C)C)cc6)cc5)CC4)cc3C)nc2)cc1. The van der Waals surface area contributed by atoms with Crippen molar-refractivity contribution in [3.8, 4) is 23.1 Å². The van der Waals surface area contributed by atoms with Crippen molar-refractivity contribution < 1.29 is 19.0 Å². The molecule has 0 radical (unpaired) electrons. The van der Waals surface area contributed by atoms with E-state index < -0.39 is 0 Å². The molecule has 1 aromatic heterocycles. The van der Waals surface area contributed by atoms with E-state index in [4.69, 9.17) is 25.8 Å². The van der Waals surface area contributed by atoms with Crippen LogP contribution in [0.1, 0.15) is 58.7 Å². The summed E-state index contributed by atoms with van der Waals surface area (Å²) in [5, 5.41) is 0.508. The van der Waals surface area contributed by atoms with Crippen LogP contribution in [0.25, 0.3) is 5.70 Å². The van der Waals surface area contributed by atoms with Crippen LogP contribution in [0.15, 0.2) is 109 Å². The van der Waals surface area contributed by atoms with Crippen molar-refractivity contribution >= 4 is 40.6 Å². The number of piperazine rings is 1. The van der Waals surface area contributed by atoms with Gasteiger partial charge in [-0.15, -0.1) is 17.0 Å². The number of hydrogen-bond acceptors (Lipinski definition) is 7. The fourth-order valence-electron chi connectivity index (χ4n) is 6.33. The summed E-state index contributed by atoms with van der Waals surface area (Å²) in [4.78, 5) is 20.9. The van der Waals surface area contributed by atoms with Crippen molar-refractivity contribution in [3.05, 3.63) is 153 Å². The third-order valence-corrected chi connectivity index (χ3v) is 9.88. The Hall–Kier alpha value is -4.63. The Balaban J connectivity index is 0.00000561. The van der Waals surface area contributed by atoms with Crippen LogP contribution in [0.3, 0.4) is 0 Å². The van der Waals surface area contributed by atoms with Crippen LogP contribution in [-0.2, 0) is 24.4 Å². The highest BCUT2D eigenvalue weighted by atomic mass is 79.9. The minimum absolute atomic E-state index is 0. The first-order valence-corrected chi connectivity index (χ1v) is 18.7. The minimum atomic E-state index is 0. The van der Waals surface area contributed by atoms with Crippen LogP contribution in [0, 0.1) is 13.8 Å². The molecule has 0 aliphatic carbocycles. The summed E-state index contributed by atoms with van der Waals surface area (Å²) >= 11 is 6.86. The number of carbonyl (C=O) groups is 1. The second kappa shape index (κ2) is 19.6. The highest BCUT2D eigenvalue weighted by molar-refractivity contribution is 8.93. The smallest absolute Gasteiger partial charge is 0.219 e. The van der Waals surface area contributed by atoms with Crippen LogP contribution in [0.5, 0.6) is 23.1 Å². The number of benzene rings is 4. The predicted molar refractivity (Wildman–Crippen MR) is 223 cm³/mol. The molecule has 0 atom stereocenters. The minimum Gasteiger partial charge on any atom is -0.493 e. The second-order valence-electron chi connectivity index (χ2n) is 13.9. The molecule has 0 bridgehead atoms. The number of nitrogens with zero attached hydrogens (tertiary/aromatic N) is 3. The lowest BCUT2D eigenvalue weighted by molar-refractivity contribution is -0.104. The molecule has 2 heterocycles. The molecule has 6 rings (SSSR count). The van der Waals surface area contributed by atoms with E-state index >= 15 is 0 Å². The van der Waals surface area contributed by atoms with Crippen LogP contribution in [0.2, 0.25) is 5.02 Å². The number of carbonyl (C=O) groups excluding carboxylic acids is 1. The van der Waals surface area contributed by atoms with E-state index in [-0.39, 0.29) is 17.0 Å². The number of aryl methyl sites for hydroxylation is 2. The first-order valence-electron chi connectivity index (χ1n) is 18.3. The van der Waals surface area contributed by atoms with Crippen molar-refractivity contribution in [3.63, 3.8) is 0 Å². The van der Waals surface area contributed by atoms with Gasteiger partial charge in [0.1, 0.15) is 30.1 Å². The number of aldehydes is 1. The summed E-state index contributed by atoms with van der Waals surface area (Å²) in [5.74, 6) is 3.12. The van der Waals surface area contributed by atoms with Crippen molar-refractivity contribution in [1.82, 2.24) is 14.8 Å². The summed E-state index contributed by atoms with van der Waals surface area (Å²) in [5.41, 5.74) is 8.67. The third kappa shape index (κ3) is 11.2. The molecule has 1 aliphatic heterocycles. The molecule has 1 saturated heterocycles. The van der Waals surface area contributed by atoms with Crippen molar-refractivity contribution in [2.24, 2.45) is 0 Å². The number of pyridine rings is 1. The molecule has 4 aromatic carbocycles. The quantitative estimate of drug-likeness (QED) is 0.0771. The average molecular weight is 811 g/mol. The van der Waals surface area contributed by atoms with Gasteiger partial charge in [-0.1, -0.05) is 91.7 Å². The third-order valence-electron chi connectivity index (χ3n) is 9.56. The van der Waals surface area contributed by atoms with Gasteiger partial charge < -0.3 is 19.1 Å². The number of hydrogen-bond donors (Lipinski definition) is 0. The molecule has 0 spiro atoms. The van der Waals surface area contributed by atoms with Gasteiger partial charge in [0.05, 0.1) is 17.8 Å². The van der Waals surface area contributed by atoms with E-state index in [2.05, 4.69) is 108 Å². The zero-order valence-corrected chi connectivity index (χ0v) is 33.9. The van der Waals surface area contributed by atoms with E-state index in [0.29, 0.717) is 41.5 Å². The van der Waals surface area contributed by atoms with E-state index in [1.54, 1.807) is 24.4 Å². The van der Waals surface area contributed by atoms with Gasteiger partial charge in [0.25, 0.3) is 0 Å². The first-order chi connectivity index (χ1) is 25.7. The molecule has 0 unspecified atom stereocenters. The fourth-order valence-corrected chi connectivity index (χ4v) is 6.58. The monoisotopic (exact) mass is 809 g/mol. The molecule has 9 heteroatoms. The van der Waals surface area contributed by atoms with E-state index in [9.17, 15) is 4.79 Å². The molecular weight excluding hydrogens is 762 g/mol. The van der Waals surface area contributed by atoms with E-state index in [0.717, 1.165) is 73.6 Å². The topological polar surface area (TPSA) is 64.1 Å². The zero-order valence-electron chi connectivity index (χ0n) is 31.5. The Morgan fingerprint density at radius 2 is 1.48 bits per heavy atom. The molecule has 0 saturated carbocycles. The van der Waals surface area contributed by atoms with Gasteiger partial charge in [-0.3, -0.25) is 9.69 Å². The summed E-state index contributed by atoms with van der Waals surface area (Å²) < 4.78 is 18.0. The molecule has 7 nitrogen and oxygen atoms in total. The second-order valence-corrected chi connectivity index (χ2v) is 14.3. The van der Waals surface area contributed by atoms with Gasteiger partial charge in [0.2, 0.25) is 5.88 Å².